The standard InChI is InChI=1S/C27H29N3O6S/c1-3-19(2)18-36-27(33)24-14-11-22(17-29-24)26(32)30-37(34,35)23-12-9-20(10-13-23)15-16-28-25(31)21-7-5-4-6-8-21/h4-14,17,19H,3,15-16,18H2,1-2H3,(H,28,31)(H,30,32). The Bertz CT molecular complexity index is 1320. The molecule has 1 aromatic heterocycles. The summed E-state index contributed by atoms with van der Waals surface area (Å²) < 4.78 is 32.5. The number of amides is 2. The zero-order valence-electron chi connectivity index (χ0n) is 20.6. The first-order valence-electron chi connectivity index (χ1n) is 11.8. The highest BCUT2D eigenvalue weighted by atomic mass is 32.2. The van der Waals surface area contributed by atoms with Crippen LogP contribution in [0.5, 0.6) is 0 Å². The van der Waals surface area contributed by atoms with Crippen LogP contribution in [0, 0.1) is 5.92 Å². The summed E-state index contributed by atoms with van der Waals surface area (Å²) >= 11 is 0. The van der Waals surface area contributed by atoms with Crippen LogP contribution < -0.4 is 10.0 Å². The fraction of sp³-hybridized carbons (Fsp3) is 0.259. The molecule has 1 heterocycles. The number of pyridine rings is 1. The van der Waals surface area contributed by atoms with E-state index in [2.05, 4.69) is 10.3 Å². The SMILES string of the molecule is CCC(C)COC(=O)c1ccc(C(=O)NS(=O)(=O)c2ccc(CCNC(=O)c3ccccc3)cc2)cn1. The van der Waals surface area contributed by atoms with E-state index in [0.29, 0.717) is 18.5 Å². The van der Waals surface area contributed by atoms with Crippen LogP contribution in [0.2, 0.25) is 0 Å². The lowest BCUT2D eigenvalue weighted by atomic mass is 10.1. The highest BCUT2D eigenvalue weighted by Crippen LogP contribution is 2.13. The van der Waals surface area contributed by atoms with Gasteiger partial charge in [0, 0.05) is 18.3 Å². The Labute approximate surface area is 216 Å². The molecule has 0 saturated heterocycles. The topological polar surface area (TPSA) is 132 Å². The summed E-state index contributed by atoms with van der Waals surface area (Å²) in [5, 5.41) is 2.81. The van der Waals surface area contributed by atoms with Crippen molar-refractivity contribution in [2.45, 2.75) is 31.6 Å². The number of hydrogen-bond acceptors (Lipinski definition) is 7. The molecule has 3 rings (SSSR count). The predicted octanol–water partition coefficient (Wildman–Crippen LogP) is 3.38. The number of benzene rings is 2. The fourth-order valence-corrected chi connectivity index (χ4v) is 4.12. The van der Waals surface area contributed by atoms with Crippen LogP contribution >= 0.6 is 0 Å². The van der Waals surface area contributed by atoms with E-state index in [1.54, 1.807) is 36.4 Å². The van der Waals surface area contributed by atoms with Crippen molar-refractivity contribution in [3.05, 3.63) is 95.3 Å². The summed E-state index contributed by atoms with van der Waals surface area (Å²) in [5.41, 5.74) is 1.38. The van der Waals surface area contributed by atoms with Gasteiger partial charge in [0.25, 0.3) is 21.8 Å². The molecule has 0 aliphatic heterocycles. The Morgan fingerprint density at radius 2 is 1.62 bits per heavy atom. The molecule has 2 aromatic carbocycles. The van der Waals surface area contributed by atoms with Gasteiger partial charge in [0.2, 0.25) is 0 Å². The number of sulfonamides is 1. The van der Waals surface area contributed by atoms with E-state index in [1.165, 1.54) is 24.3 Å². The second kappa shape index (κ2) is 12.8. The minimum absolute atomic E-state index is 0.0205. The normalized spacial score (nSPS) is 11.8. The first-order valence-corrected chi connectivity index (χ1v) is 13.3. The first-order chi connectivity index (χ1) is 17.7. The van der Waals surface area contributed by atoms with Crippen LogP contribution in [0.1, 0.15) is 57.0 Å². The smallest absolute Gasteiger partial charge is 0.356 e. The van der Waals surface area contributed by atoms with Crippen molar-refractivity contribution in [2.24, 2.45) is 5.92 Å². The Balaban J connectivity index is 1.53. The van der Waals surface area contributed by atoms with Crippen LogP contribution in [-0.2, 0) is 21.2 Å². The number of ether oxygens (including phenoxy) is 1. The van der Waals surface area contributed by atoms with Crippen LogP contribution in [0.3, 0.4) is 0 Å². The van der Waals surface area contributed by atoms with Crippen molar-refractivity contribution in [1.29, 1.82) is 0 Å². The molecule has 0 radical (unpaired) electrons. The van der Waals surface area contributed by atoms with E-state index in [-0.39, 0.29) is 34.6 Å². The average Bonchev–Trinajstić information content (AvgIpc) is 2.92. The number of nitrogens with one attached hydrogen (secondary N) is 2. The van der Waals surface area contributed by atoms with Gasteiger partial charge in [-0.05, 0) is 54.3 Å². The lowest BCUT2D eigenvalue weighted by molar-refractivity contribution is 0.0439. The third-order valence-electron chi connectivity index (χ3n) is 5.63. The Hall–Kier alpha value is -4.05. The van der Waals surface area contributed by atoms with Gasteiger partial charge in [-0.3, -0.25) is 9.59 Å². The van der Waals surface area contributed by atoms with Gasteiger partial charge >= 0.3 is 5.97 Å². The summed E-state index contributed by atoms with van der Waals surface area (Å²) in [6, 6.07) is 17.5. The lowest BCUT2D eigenvalue weighted by Crippen LogP contribution is -2.30. The molecule has 0 spiro atoms. The van der Waals surface area contributed by atoms with Crippen LogP contribution in [0.25, 0.3) is 0 Å². The third-order valence-corrected chi connectivity index (χ3v) is 6.97. The number of carbonyl (C=O) groups excluding carboxylic acids is 3. The molecule has 194 valence electrons. The molecule has 2 N–H and O–H groups in total. The van der Waals surface area contributed by atoms with E-state index in [0.717, 1.165) is 18.2 Å². The third kappa shape index (κ3) is 7.97. The summed E-state index contributed by atoms with van der Waals surface area (Å²) in [6.45, 7) is 4.58. The maximum Gasteiger partial charge on any atom is 0.356 e. The molecule has 0 fully saturated rings. The van der Waals surface area contributed by atoms with Gasteiger partial charge in [-0.1, -0.05) is 50.6 Å². The number of carbonyl (C=O) groups is 3. The first kappa shape index (κ1) is 27.5. The predicted molar refractivity (Wildman–Crippen MR) is 138 cm³/mol. The molecule has 0 aliphatic carbocycles. The molecule has 9 nitrogen and oxygen atoms in total. The van der Waals surface area contributed by atoms with Gasteiger partial charge in [0.15, 0.2) is 0 Å². The van der Waals surface area contributed by atoms with Crippen molar-refractivity contribution in [3.63, 3.8) is 0 Å². The maximum absolute atomic E-state index is 12.7. The number of rotatable bonds is 11. The second-order valence-electron chi connectivity index (χ2n) is 8.49. The van der Waals surface area contributed by atoms with E-state index in [9.17, 15) is 22.8 Å². The summed E-state index contributed by atoms with van der Waals surface area (Å²) in [5.74, 6) is -1.46. The molecule has 2 amide bonds. The molecule has 0 aliphatic rings. The molecule has 0 saturated carbocycles. The van der Waals surface area contributed by atoms with Crippen molar-refractivity contribution in [2.75, 3.05) is 13.2 Å². The van der Waals surface area contributed by atoms with Gasteiger partial charge in [0.05, 0.1) is 17.1 Å². The molecule has 3 aromatic rings. The molecule has 10 heteroatoms. The summed E-state index contributed by atoms with van der Waals surface area (Å²) in [6.07, 6.45) is 2.49. The van der Waals surface area contributed by atoms with Gasteiger partial charge in [-0.25, -0.2) is 22.9 Å². The molecule has 1 atom stereocenters. The van der Waals surface area contributed by atoms with E-state index < -0.39 is 21.9 Å². The maximum atomic E-state index is 12.7. The summed E-state index contributed by atoms with van der Waals surface area (Å²) in [4.78, 5) is 40.5. The highest BCUT2D eigenvalue weighted by Gasteiger charge is 2.20. The Morgan fingerprint density at radius 1 is 0.919 bits per heavy atom. The van der Waals surface area contributed by atoms with Gasteiger partial charge in [-0.15, -0.1) is 0 Å². The lowest BCUT2D eigenvalue weighted by Gasteiger charge is -2.10. The minimum Gasteiger partial charge on any atom is -0.461 e. The van der Waals surface area contributed by atoms with Gasteiger partial charge in [-0.2, -0.15) is 0 Å². The van der Waals surface area contributed by atoms with Gasteiger partial charge in [0.1, 0.15) is 5.69 Å². The van der Waals surface area contributed by atoms with Crippen LogP contribution in [0.15, 0.2) is 77.8 Å². The van der Waals surface area contributed by atoms with E-state index >= 15 is 0 Å². The Kier molecular flexibility index (Phi) is 9.51. The Morgan fingerprint density at radius 3 is 2.24 bits per heavy atom. The molecular weight excluding hydrogens is 494 g/mol. The van der Waals surface area contributed by atoms with Gasteiger partial charge < -0.3 is 10.1 Å². The zero-order valence-corrected chi connectivity index (χ0v) is 21.5. The number of hydrogen-bond donors (Lipinski definition) is 2. The van der Waals surface area contributed by atoms with Crippen LogP contribution in [-0.4, -0.2) is 44.3 Å². The fourth-order valence-electron chi connectivity index (χ4n) is 3.15. The molecule has 1 unspecified atom stereocenters. The van der Waals surface area contributed by atoms with Crippen LogP contribution in [0.4, 0.5) is 0 Å². The number of aromatic nitrogens is 1. The molecular formula is C27H29N3O6S. The molecule has 0 bridgehead atoms. The number of esters is 1. The quantitative estimate of drug-likeness (QED) is 0.368. The van der Waals surface area contributed by atoms with E-state index in [1.807, 2.05) is 24.6 Å². The van der Waals surface area contributed by atoms with Crippen molar-refractivity contribution in [1.82, 2.24) is 15.0 Å². The number of nitrogens with zero attached hydrogens (tertiary/aromatic N) is 1. The van der Waals surface area contributed by atoms with Crippen molar-refractivity contribution >= 4 is 27.8 Å². The second-order valence-corrected chi connectivity index (χ2v) is 10.2. The largest absolute Gasteiger partial charge is 0.461 e. The molecule has 37 heavy (non-hydrogen) atoms. The minimum atomic E-state index is -4.13. The highest BCUT2D eigenvalue weighted by molar-refractivity contribution is 7.90. The van der Waals surface area contributed by atoms with Crippen molar-refractivity contribution < 1.29 is 27.5 Å². The average molecular weight is 524 g/mol. The zero-order chi connectivity index (χ0) is 26.8. The van der Waals surface area contributed by atoms with E-state index in [4.69, 9.17) is 4.74 Å². The monoisotopic (exact) mass is 523 g/mol. The van der Waals surface area contributed by atoms with Crippen molar-refractivity contribution in [3.8, 4) is 0 Å². The summed E-state index contributed by atoms with van der Waals surface area (Å²) in [7, 11) is -4.13.